The van der Waals surface area contributed by atoms with E-state index < -0.39 is 0 Å². The minimum absolute atomic E-state index is 0.0815. The Morgan fingerprint density at radius 3 is 2.69 bits per heavy atom. The van der Waals surface area contributed by atoms with Gasteiger partial charge in [0.05, 0.1) is 24.8 Å². The summed E-state index contributed by atoms with van der Waals surface area (Å²) >= 11 is 0. The van der Waals surface area contributed by atoms with Crippen LogP contribution in [0.3, 0.4) is 0 Å². The first-order valence-electron chi connectivity index (χ1n) is 4.78. The van der Waals surface area contributed by atoms with E-state index in [1.165, 1.54) is 0 Å². The van der Waals surface area contributed by atoms with Gasteiger partial charge in [0.2, 0.25) is 0 Å². The third-order valence-electron chi connectivity index (χ3n) is 2.53. The smallest absolute Gasteiger partial charge is 0.169 e. The van der Waals surface area contributed by atoms with Crippen LogP contribution in [-0.2, 0) is 14.3 Å². The first kappa shape index (κ1) is 8.97. The van der Waals surface area contributed by atoms with Gasteiger partial charge in [0.15, 0.2) is 6.29 Å². The van der Waals surface area contributed by atoms with E-state index >= 15 is 0 Å². The minimum Gasteiger partial charge on any atom is -0.392 e. The summed E-state index contributed by atoms with van der Waals surface area (Å²) in [4.78, 5) is 5.21. The zero-order valence-electron chi connectivity index (χ0n) is 8.03. The van der Waals surface area contributed by atoms with Gasteiger partial charge in [-0.1, -0.05) is 12.1 Å². The molecule has 2 atom stereocenters. The maximum absolute atomic E-state index is 5.46. The highest BCUT2D eigenvalue weighted by atomic mass is 16.7. The number of hydrogen-bond donors (Lipinski definition) is 0. The molecule has 0 bridgehead atoms. The van der Waals surface area contributed by atoms with Gasteiger partial charge in [-0.25, -0.2) is 0 Å². The summed E-state index contributed by atoms with van der Waals surface area (Å²) in [7, 11) is 0. The molecular formula is C9H15NO3. The Morgan fingerprint density at radius 2 is 2.08 bits per heavy atom. The highest BCUT2D eigenvalue weighted by molar-refractivity contribution is 5.88. The summed E-state index contributed by atoms with van der Waals surface area (Å²) in [6.07, 6.45) is 0.840. The van der Waals surface area contributed by atoms with Gasteiger partial charge < -0.3 is 14.3 Å². The largest absolute Gasteiger partial charge is 0.392 e. The minimum atomic E-state index is -0.142. The molecule has 2 unspecified atom stereocenters. The number of oxime groups is 1. The normalized spacial score (nSPS) is 34.8. The monoisotopic (exact) mass is 185 g/mol. The van der Waals surface area contributed by atoms with Crippen molar-refractivity contribution in [2.75, 3.05) is 13.2 Å². The first-order valence-corrected chi connectivity index (χ1v) is 4.78. The Bertz CT molecular complexity index is 211. The Balaban J connectivity index is 2.06. The van der Waals surface area contributed by atoms with Crippen LogP contribution in [0.4, 0.5) is 0 Å². The van der Waals surface area contributed by atoms with Crippen molar-refractivity contribution in [2.24, 2.45) is 11.1 Å². The fourth-order valence-corrected chi connectivity index (χ4v) is 1.81. The van der Waals surface area contributed by atoms with Crippen LogP contribution in [0, 0.1) is 5.92 Å². The summed E-state index contributed by atoms with van der Waals surface area (Å²) < 4.78 is 10.9. The maximum atomic E-state index is 5.46. The predicted molar refractivity (Wildman–Crippen MR) is 47.5 cm³/mol. The second-order valence-corrected chi connectivity index (χ2v) is 3.38. The highest BCUT2D eigenvalue weighted by Crippen LogP contribution is 2.27. The van der Waals surface area contributed by atoms with Crippen molar-refractivity contribution in [1.29, 1.82) is 0 Å². The van der Waals surface area contributed by atoms with Crippen LogP contribution in [0.5, 0.6) is 0 Å². The van der Waals surface area contributed by atoms with E-state index in [0.29, 0.717) is 13.2 Å². The van der Waals surface area contributed by atoms with Gasteiger partial charge >= 0.3 is 0 Å². The summed E-state index contributed by atoms with van der Waals surface area (Å²) in [5, 5.41) is 4.02. The van der Waals surface area contributed by atoms with Crippen molar-refractivity contribution in [1.82, 2.24) is 0 Å². The second kappa shape index (κ2) is 3.64. The molecule has 0 aromatic carbocycles. The van der Waals surface area contributed by atoms with E-state index in [4.69, 9.17) is 14.3 Å². The molecule has 1 fully saturated rings. The van der Waals surface area contributed by atoms with Crippen molar-refractivity contribution < 1.29 is 14.3 Å². The molecular weight excluding hydrogens is 170 g/mol. The molecule has 0 aliphatic carbocycles. The van der Waals surface area contributed by atoms with E-state index in [1.54, 1.807) is 0 Å². The molecule has 0 aromatic rings. The lowest BCUT2D eigenvalue weighted by atomic mass is 9.96. The van der Waals surface area contributed by atoms with Crippen LogP contribution in [0.15, 0.2) is 5.16 Å². The molecule has 4 nitrogen and oxygen atoms in total. The molecule has 74 valence electrons. The predicted octanol–water partition coefficient (Wildman–Crippen LogP) is 1.16. The van der Waals surface area contributed by atoms with E-state index in [0.717, 1.165) is 12.1 Å². The maximum Gasteiger partial charge on any atom is 0.169 e. The highest BCUT2D eigenvalue weighted by Gasteiger charge is 2.39. The fourth-order valence-electron chi connectivity index (χ4n) is 1.81. The van der Waals surface area contributed by atoms with Crippen molar-refractivity contribution in [3.63, 3.8) is 0 Å². The summed E-state index contributed by atoms with van der Waals surface area (Å²) in [5.74, 6) is 0.187. The second-order valence-electron chi connectivity index (χ2n) is 3.38. The molecule has 2 aliphatic heterocycles. The number of nitrogens with zero attached hydrogens (tertiary/aromatic N) is 1. The van der Waals surface area contributed by atoms with Gasteiger partial charge in [-0.15, -0.1) is 0 Å². The average Bonchev–Trinajstić information content (AvgIpc) is 2.72. The van der Waals surface area contributed by atoms with Crippen molar-refractivity contribution in [3.05, 3.63) is 0 Å². The van der Waals surface area contributed by atoms with Crippen LogP contribution in [-0.4, -0.2) is 31.3 Å². The third kappa shape index (κ3) is 1.56. The zero-order chi connectivity index (χ0) is 9.26. The fraction of sp³-hybridized carbons (Fsp3) is 0.889. The number of hydrogen-bond acceptors (Lipinski definition) is 4. The van der Waals surface area contributed by atoms with E-state index in [2.05, 4.69) is 12.1 Å². The van der Waals surface area contributed by atoms with Gasteiger partial charge in [0, 0.05) is 0 Å². The molecule has 1 saturated heterocycles. The summed E-state index contributed by atoms with van der Waals surface area (Å²) in [6.45, 7) is 5.44. The van der Waals surface area contributed by atoms with Crippen molar-refractivity contribution in [2.45, 2.75) is 32.7 Å². The standard InChI is InChI=1S/C9H15NO3/c1-3-7-8(6(2)13-10-7)9-11-4-5-12-9/h6,8-9H,3-5H2,1-2H3. The quantitative estimate of drug-likeness (QED) is 0.648. The number of ether oxygens (including phenoxy) is 2. The molecule has 2 heterocycles. The van der Waals surface area contributed by atoms with Gasteiger partial charge in [-0.05, 0) is 13.3 Å². The summed E-state index contributed by atoms with van der Waals surface area (Å²) in [5.41, 5.74) is 1.06. The third-order valence-corrected chi connectivity index (χ3v) is 2.53. The SMILES string of the molecule is CCC1=NOC(C)C1C1OCCO1. The van der Waals surface area contributed by atoms with Crippen LogP contribution in [0.2, 0.25) is 0 Å². The molecule has 4 heteroatoms. The van der Waals surface area contributed by atoms with Gasteiger partial charge in [0.25, 0.3) is 0 Å². The van der Waals surface area contributed by atoms with Gasteiger partial charge in [-0.2, -0.15) is 0 Å². The van der Waals surface area contributed by atoms with Crippen LogP contribution >= 0.6 is 0 Å². The van der Waals surface area contributed by atoms with Crippen molar-refractivity contribution >= 4 is 5.71 Å². The molecule has 0 saturated carbocycles. The van der Waals surface area contributed by atoms with E-state index in [-0.39, 0.29) is 18.3 Å². The molecule has 0 radical (unpaired) electrons. The lowest BCUT2D eigenvalue weighted by Crippen LogP contribution is -2.33. The Labute approximate surface area is 77.8 Å². The zero-order valence-corrected chi connectivity index (χ0v) is 8.03. The average molecular weight is 185 g/mol. The van der Waals surface area contributed by atoms with Gasteiger partial charge in [0.1, 0.15) is 6.10 Å². The summed E-state index contributed by atoms with van der Waals surface area (Å²) in [6, 6.07) is 0. The molecule has 0 spiro atoms. The lowest BCUT2D eigenvalue weighted by molar-refractivity contribution is -0.0917. The van der Waals surface area contributed by atoms with Crippen molar-refractivity contribution in [3.8, 4) is 0 Å². The molecule has 2 rings (SSSR count). The molecule has 0 amide bonds. The molecule has 0 aromatic heterocycles. The van der Waals surface area contributed by atoms with Crippen LogP contribution in [0.25, 0.3) is 0 Å². The van der Waals surface area contributed by atoms with E-state index in [1.807, 2.05) is 6.92 Å². The molecule has 0 N–H and O–H groups in total. The first-order chi connectivity index (χ1) is 6.33. The lowest BCUT2D eigenvalue weighted by Gasteiger charge is -2.20. The van der Waals surface area contributed by atoms with E-state index in [9.17, 15) is 0 Å². The van der Waals surface area contributed by atoms with Crippen LogP contribution < -0.4 is 0 Å². The topological polar surface area (TPSA) is 40.0 Å². The van der Waals surface area contributed by atoms with Crippen LogP contribution in [0.1, 0.15) is 20.3 Å². The Kier molecular flexibility index (Phi) is 2.51. The molecule has 13 heavy (non-hydrogen) atoms. The Morgan fingerprint density at radius 1 is 1.38 bits per heavy atom. The molecule has 2 aliphatic rings. The van der Waals surface area contributed by atoms with Gasteiger partial charge in [-0.3, -0.25) is 0 Å². The Hall–Kier alpha value is -0.610. The number of rotatable bonds is 2.